The van der Waals surface area contributed by atoms with Gasteiger partial charge in [0.25, 0.3) is 5.91 Å². The predicted molar refractivity (Wildman–Crippen MR) is 129 cm³/mol. The summed E-state index contributed by atoms with van der Waals surface area (Å²) in [4.78, 5) is 29.2. The molecule has 0 spiro atoms. The van der Waals surface area contributed by atoms with E-state index in [2.05, 4.69) is 10.3 Å². The molecule has 0 aliphatic carbocycles. The lowest BCUT2D eigenvalue weighted by atomic mass is 9.93. The lowest BCUT2D eigenvalue weighted by Crippen LogP contribution is -2.33. The van der Waals surface area contributed by atoms with Gasteiger partial charge in [-0.1, -0.05) is 36.4 Å². The second kappa shape index (κ2) is 11.1. The summed E-state index contributed by atoms with van der Waals surface area (Å²) in [6, 6.07) is 25.8. The van der Waals surface area contributed by atoms with E-state index < -0.39 is 11.8 Å². The Bertz CT molecular complexity index is 1250. The van der Waals surface area contributed by atoms with Crippen molar-refractivity contribution in [3.63, 3.8) is 0 Å². The molecule has 4 aromatic rings. The molecule has 34 heavy (non-hydrogen) atoms. The van der Waals surface area contributed by atoms with Crippen LogP contribution in [0.2, 0.25) is 0 Å². The third-order valence-corrected chi connectivity index (χ3v) is 5.56. The minimum Gasteiger partial charge on any atom is -0.457 e. The van der Waals surface area contributed by atoms with Crippen LogP contribution in [-0.2, 0) is 11.2 Å². The van der Waals surface area contributed by atoms with E-state index >= 15 is 0 Å². The topological polar surface area (TPSA) is 101 Å². The highest BCUT2D eigenvalue weighted by atomic mass is 16.5. The van der Waals surface area contributed by atoms with Gasteiger partial charge >= 0.3 is 0 Å². The molecule has 0 saturated carbocycles. The van der Waals surface area contributed by atoms with E-state index in [0.717, 1.165) is 22.2 Å². The Morgan fingerprint density at radius 2 is 1.59 bits per heavy atom. The molecule has 0 fully saturated rings. The van der Waals surface area contributed by atoms with Gasteiger partial charge in [0.2, 0.25) is 5.91 Å². The summed E-state index contributed by atoms with van der Waals surface area (Å²) in [5.41, 5.74) is 4.04. The van der Waals surface area contributed by atoms with Crippen molar-refractivity contribution in [1.82, 2.24) is 15.8 Å². The minimum atomic E-state index is -0.516. The monoisotopic (exact) mass is 455 g/mol. The Labute approximate surface area is 197 Å². The van der Waals surface area contributed by atoms with E-state index in [1.807, 2.05) is 60.7 Å². The molecular formula is C27H25N3O4. The maximum Gasteiger partial charge on any atom is 0.251 e. The normalized spacial score (nSPS) is 11.6. The lowest BCUT2D eigenvalue weighted by Gasteiger charge is -2.16. The molecule has 3 aromatic carbocycles. The Hall–Kier alpha value is -4.23. The SMILES string of the molecule is O=C(NCCC(Cc1ccnc2ccccc12)C(=O)NO)c1ccc(Oc2ccccc2)cc1. The molecule has 0 aliphatic rings. The Morgan fingerprint density at radius 3 is 2.35 bits per heavy atom. The summed E-state index contributed by atoms with van der Waals surface area (Å²) in [6.07, 6.45) is 2.49. The van der Waals surface area contributed by atoms with E-state index in [-0.39, 0.29) is 12.5 Å². The quantitative estimate of drug-likeness (QED) is 0.255. The number of amides is 2. The first-order valence-corrected chi connectivity index (χ1v) is 11.0. The number of carbonyl (C=O) groups is 2. The van der Waals surface area contributed by atoms with Gasteiger partial charge in [-0.25, -0.2) is 5.48 Å². The largest absolute Gasteiger partial charge is 0.457 e. The summed E-state index contributed by atoms with van der Waals surface area (Å²) in [6.45, 7) is 0.280. The van der Waals surface area contributed by atoms with Crippen LogP contribution in [0.15, 0.2) is 91.1 Å². The summed E-state index contributed by atoms with van der Waals surface area (Å²) in [5, 5.41) is 13.0. The van der Waals surface area contributed by atoms with E-state index in [9.17, 15) is 14.8 Å². The maximum atomic E-state index is 12.6. The van der Waals surface area contributed by atoms with Crippen molar-refractivity contribution in [3.8, 4) is 11.5 Å². The number of ether oxygens (including phenoxy) is 1. The fraction of sp³-hybridized carbons (Fsp3) is 0.148. The number of hydrogen-bond acceptors (Lipinski definition) is 5. The zero-order valence-electron chi connectivity index (χ0n) is 18.5. The molecule has 0 aliphatic heterocycles. The summed E-state index contributed by atoms with van der Waals surface area (Å²) >= 11 is 0. The molecule has 7 heteroatoms. The predicted octanol–water partition coefficient (Wildman–Crippen LogP) is 4.51. The highest BCUT2D eigenvalue weighted by Crippen LogP contribution is 2.22. The molecule has 7 nitrogen and oxygen atoms in total. The van der Waals surface area contributed by atoms with Crippen LogP contribution in [0.4, 0.5) is 0 Å². The van der Waals surface area contributed by atoms with Crippen molar-refractivity contribution in [2.45, 2.75) is 12.8 Å². The van der Waals surface area contributed by atoms with Gasteiger partial charge in [0.15, 0.2) is 0 Å². The first-order chi connectivity index (χ1) is 16.6. The molecule has 1 heterocycles. The lowest BCUT2D eigenvalue weighted by molar-refractivity contribution is -0.133. The van der Waals surface area contributed by atoms with Gasteiger partial charge in [0.05, 0.1) is 5.52 Å². The van der Waals surface area contributed by atoms with Gasteiger partial charge in [-0.15, -0.1) is 0 Å². The van der Waals surface area contributed by atoms with Crippen LogP contribution in [0.5, 0.6) is 11.5 Å². The number of pyridine rings is 1. The van der Waals surface area contributed by atoms with Crippen molar-refractivity contribution >= 4 is 22.7 Å². The number of hydrogen-bond donors (Lipinski definition) is 3. The molecule has 2 amide bonds. The third-order valence-electron chi connectivity index (χ3n) is 5.56. The van der Waals surface area contributed by atoms with Gasteiger partial charge in [-0.2, -0.15) is 0 Å². The second-order valence-electron chi connectivity index (χ2n) is 7.85. The fourth-order valence-electron chi connectivity index (χ4n) is 3.78. The summed E-state index contributed by atoms with van der Waals surface area (Å²) in [7, 11) is 0. The number of fused-ring (bicyclic) bond motifs is 1. The molecule has 1 aromatic heterocycles. The van der Waals surface area contributed by atoms with Gasteiger partial charge in [0.1, 0.15) is 11.5 Å². The fourth-order valence-corrected chi connectivity index (χ4v) is 3.78. The third kappa shape index (κ3) is 5.76. The zero-order chi connectivity index (χ0) is 23.8. The van der Waals surface area contributed by atoms with Gasteiger partial charge in [-0.05, 0) is 66.9 Å². The summed E-state index contributed by atoms with van der Waals surface area (Å²) in [5.74, 6) is 0.0981. The minimum absolute atomic E-state index is 0.247. The van der Waals surface area contributed by atoms with E-state index in [1.165, 1.54) is 0 Å². The molecular weight excluding hydrogens is 430 g/mol. The van der Waals surface area contributed by atoms with Crippen LogP contribution >= 0.6 is 0 Å². The summed E-state index contributed by atoms with van der Waals surface area (Å²) < 4.78 is 5.75. The number of carbonyl (C=O) groups excluding carboxylic acids is 2. The van der Waals surface area contributed by atoms with E-state index in [1.54, 1.807) is 35.9 Å². The molecule has 0 saturated heterocycles. The molecule has 0 radical (unpaired) electrons. The number of aromatic nitrogens is 1. The maximum absolute atomic E-state index is 12.6. The van der Waals surface area contributed by atoms with Crippen LogP contribution in [0, 0.1) is 5.92 Å². The van der Waals surface area contributed by atoms with Crippen molar-refractivity contribution in [2.75, 3.05) is 6.54 Å². The number of hydroxylamine groups is 1. The number of nitrogens with zero attached hydrogens (tertiary/aromatic N) is 1. The van der Waals surface area contributed by atoms with E-state index in [0.29, 0.717) is 24.2 Å². The van der Waals surface area contributed by atoms with E-state index in [4.69, 9.17) is 4.74 Å². The van der Waals surface area contributed by atoms with Crippen LogP contribution in [0.3, 0.4) is 0 Å². The molecule has 1 atom stereocenters. The van der Waals surface area contributed by atoms with Gasteiger partial charge < -0.3 is 10.1 Å². The molecule has 1 unspecified atom stereocenters. The second-order valence-corrected chi connectivity index (χ2v) is 7.85. The Balaban J connectivity index is 1.35. The molecule has 3 N–H and O–H groups in total. The smallest absolute Gasteiger partial charge is 0.251 e. The van der Waals surface area contributed by atoms with Crippen LogP contribution < -0.4 is 15.5 Å². The highest BCUT2D eigenvalue weighted by Gasteiger charge is 2.20. The van der Waals surface area contributed by atoms with Crippen LogP contribution in [-0.4, -0.2) is 28.6 Å². The number of benzene rings is 3. The standard InChI is InChI=1S/C27H25N3O4/c31-26(19-10-12-23(13-11-19)34-22-6-2-1-3-7-22)29-17-15-21(27(32)30-33)18-20-14-16-28-25-9-5-4-8-24(20)25/h1-14,16,21,33H,15,17-18H2,(H,29,31)(H,30,32). The zero-order valence-corrected chi connectivity index (χ0v) is 18.5. The average molecular weight is 456 g/mol. The number of nitrogens with one attached hydrogen (secondary N) is 2. The Morgan fingerprint density at radius 1 is 0.882 bits per heavy atom. The number of rotatable bonds is 9. The average Bonchev–Trinajstić information content (AvgIpc) is 2.88. The Kier molecular flexibility index (Phi) is 7.47. The van der Waals surface area contributed by atoms with Crippen LogP contribution in [0.1, 0.15) is 22.3 Å². The van der Waals surface area contributed by atoms with Crippen LogP contribution in [0.25, 0.3) is 10.9 Å². The molecule has 4 rings (SSSR count). The highest BCUT2D eigenvalue weighted by molar-refractivity contribution is 5.94. The van der Waals surface area contributed by atoms with Crippen molar-refractivity contribution in [3.05, 3.63) is 102 Å². The van der Waals surface area contributed by atoms with Crippen molar-refractivity contribution < 1.29 is 19.5 Å². The van der Waals surface area contributed by atoms with Gasteiger partial charge in [0, 0.05) is 29.6 Å². The van der Waals surface area contributed by atoms with Crippen molar-refractivity contribution in [1.29, 1.82) is 0 Å². The molecule has 0 bridgehead atoms. The first-order valence-electron chi connectivity index (χ1n) is 11.0. The molecule has 172 valence electrons. The van der Waals surface area contributed by atoms with Gasteiger partial charge in [-0.3, -0.25) is 19.8 Å². The van der Waals surface area contributed by atoms with Crippen molar-refractivity contribution in [2.24, 2.45) is 5.92 Å². The number of para-hydroxylation sites is 2. The first kappa shape index (κ1) is 22.9.